The molecule has 1 aromatic heterocycles. The van der Waals surface area contributed by atoms with E-state index < -0.39 is 0 Å². The Balaban J connectivity index is 2.62. The molecule has 16 heavy (non-hydrogen) atoms. The number of pyridine rings is 1. The minimum atomic E-state index is 1.05. The summed E-state index contributed by atoms with van der Waals surface area (Å²) in [5.41, 5.74) is 2.31. The van der Waals surface area contributed by atoms with E-state index in [1.54, 1.807) is 23.5 Å². The van der Waals surface area contributed by atoms with Gasteiger partial charge in [-0.2, -0.15) is 0 Å². The highest BCUT2D eigenvalue weighted by Gasteiger charge is 2.09. The molecule has 1 nitrogen and oxygen atoms in total. The summed E-state index contributed by atoms with van der Waals surface area (Å²) in [5.74, 6) is 0. The van der Waals surface area contributed by atoms with E-state index in [-0.39, 0.29) is 0 Å². The van der Waals surface area contributed by atoms with Gasteiger partial charge in [-0.25, -0.2) is 0 Å². The summed E-state index contributed by atoms with van der Waals surface area (Å²) in [6, 6.07) is 12.4. The zero-order valence-corrected chi connectivity index (χ0v) is 10.9. The van der Waals surface area contributed by atoms with Gasteiger partial charge in [0.25, 0.3) is 0 Å². The number of aromatic nitrogens is 1. The Morgan fingerprint density at radius 3 is 2.06 bits per heavy atom. The lowest BCUT2D eigenvalue weighted by atomic mass is 10.1. The van der Waals surface area contributed by atoms with Gasteiger partial charge < -0.3 is 0 Å². The van der Waals surface area contributed by atoms with Crippen LogP contribution in [0.1, 0.15) is 0 Å². The van der Waals surface area contributed by atoms with Crippen molar-refractivity contribution < 1.29 is 0 Å². The smallest absolute Gasteiger partial charge is 0.0724 e. The highest BCUT2D eigenvalue weighted by molar-refractivity contribution is 7.99. The van der Waals surface area contributed by atoms with Crippen LogP contribution in [0.3, 0.4) is 0 Å². The van der Waals surface area contributed by atoms with Crippen LogP contribution in [0.4, 0.5) is 0 Å². The lowest BCUT2D eigenvalue weighted by molar-refractivity contribution is 1.25. The molecule has 1 heterocycles. The van der Waals surface area contributed by atoms with E-state index in [9.17, 15) is 0 Å². The minimum absolute atomic E-state index is 1.05. The van der Waals surface area contributed by atoms with Crippen molar-refractivity contribution in [2.45, 2.75) is 9.79 Å². The number of nitrogens with zero attached hydrogens (tertiary/aromatic N) is 1. The quantitative estimate of drug-likeness (QED) is 0.755. The Morgan fingerprint density at radius 1 is 0.875 bits per heavy atom. The van der Waals surface area contributed by atoms with Crippen LogP contribution in [0.2, 0.25) is 0 Å². The van der Waals surface area contributed by atoms with Gasteiger partial charge in [0.05, 0.1) is 5.69 Å². The van der Waals surface area contributed by atoms with Gasteiger partial charge in [-0.15, -0.1) is 23.5 Å². The monoisotopic (exact) mass is 247 g/mol. The molecule has 0 bridgehead atoms. The van der Waals surface area contributed by atoms with Crippen molar-refractivity contribution in [3.05, 3.63) is 42.6 Å². The fourth-order valence-corrected chi connectivity index (χ4v) is 2.95. The second-order valence-corrected chi connectivity index (χ2v) is 4.95. The molecule has 0 saturated heterocycles. The summed E-state index contributed by atoms with van der Waals surface area (Å²) >= 11 is 3.53. The van der Waals surface area contributed by atoms with E-state index in [4.69, 9.17) is 0 Å². The number of hydrogen-bond acceptors (Lipinski definition) is 3. The second kappa shape index (κ2) is 5.41. The van der Waals surface area contributed by atoms with Gasteiger partial charge in [0.1, 0.15) is 0 Å². The Bertz CT molecular complexity index is 446. The molecule has 2 aromatic rings. The number of hydrogen-bond donors (Lipinski definition) is 0. The third-order valence-corrected chi connectivity index (χ3v) is 3.91. The molecular formula is C13H13NS2. The Kier molecular flexibility index (Phi) is 3.91. The van der Waals surface area contributed by atoms with E-state index >= 15 is 0 Å². The van der Waals surface area contributed by atoms with Crippen molar-refractivity contribution in [2.75, 3.05) is 12.5 Å². The molecule has 82 valence electrons. The third kappa shape index (κ3) is 2.25. The van der Waals surface area contributed by atoms with Crippen molar-refractivity contribution in [3.8, 4) is 11.3 Å². The first-order valence-electron chi connectivity index (χ1n) is 4.99. The summed E-state index contributed by atoms with van der Waals surface area (Å²) in [6.45, 7) is 0. The van der Waals surface area contributed by atoms with E-state index in [0.29, 0.717) is 0 Å². The standard InChI is InChI=1S/C13H13NS2/c1-15-11-7-5-8-12(16-2)13(11)10-6-3-4-9-14-10/h3-9H,1-2H3. The fourth-order valence-electron chi connectivity index (χ4n) is 1.61. The molecule has 0 saturated carbocycles. The molecule has 2 rings (SSSR count). The average Bonchev–Trinajstić information content (AvgIpc) is 2.38. The normalized spacial score (nSPS) is 10.4. The van der Waals surface area contributed by atoms with E-state index in [1.807, 2.05) is 18.3 Å². The lowest BCUT2D eigenvalue weighted by Crippen LogP contribution is -1.88. The summed E-state index contributed by atoms with van der Waals surface area (Å²) < 4.78 is 0. The van der Waals surface area contributed by atoms with Gasteiger partial charge in [0.15, 0.2) is 0 Å². The largest absolute Gasteiger partial charge is 0.256 e. The van der Waals surface area contributed by atoms with Crippen molar-refractivity contribution >= 4 is 23.5 Å². The summed E-state index contributed by atoms with van der Waals surface area (Å²) in [6.07, 6.45) is 6.05. The van der Waals surface area contributed by atoms with Crippen LogP contribution in [-0.4, -0.2) is 17.5 Å². The summed E-state index contributed by atoms with van der Waals surface area (Å²) in [7, 11) is 0. The van der Waals surface area contributed by atoms with Crippen molar-refractivity contribution in [1.82, 2.24) is 4.98 Å². The van der Waals surface area contributed by atoms with Gasteiger partial charge >= 0.3 is 0 Å². The van der Waals surface area contributed by atoms with Crippen LogP contribution < -0.4 is 0 Å². The molecule has 0 unspecified atom stereocenters. The molecule has 0 radical (unpaired) electrons. The molecule has 0 atom stereocenters. The molecular weight excluding hydrogens is 234 g/mol. The number of benzene rings is 1. The van der Waals surface area contributed by atoms with Gasteiger partial charge in [-0.05, 0) is 36.8 Å². The number of rotatable bonds is 3. The predicted molar refractivity (Wildman–Crippen MR) is 73.2 cm³/mol. The topological polar surface area (TPSA) is 12.9 Å². The Hall–Kier alpha value is -0.930. The molecule has 0 aliphatic rings. The number of thioether (sulfide) groups is 2. The van der Waals surface area contributed by atoms with E-state index in [0.717, 1.165) is 5.69 Å². The highest BCUT2D eigenvalue weighted by Crippen LogP contribution is 2.36. The predicted octanol–water partition coefficient (Wildman–Crippen LogP) is 4.19. The van der Waals surface area contributed by atoms with Gasteiger partial charge in [-0.3, -0.25) is 4.98 Å². The maximum atomic E-state index is 4.44. The van der Waals surface area contributed by atoms with E-state index in [2.05, 4.69) is 41.8 Å². The van der Waals surface area contributed by atoms with Crippen molar-refractivity contribution in [3.63, 3.8) is 0 Å². The van der Waals surface area contributed by atoms with Crippen LogP contribution in [-0.2, 0) is 0 Å². The first-order chi connectivity index (χ1) is 7.86. The average molecular weight is 247 g/mol. The molecule has 3 heteroatoms. The molecule has 1 aromatic carbocycles. The SMILES string of the molecule is CSc1cccc(SC)c1-c1ccccn1. The highest BCUT2D eigenvalue weighted by atomic mass is 32.2. The van der Waals surface area contributed by atoms with Crippen LogP contribution in [0.5, 0.6) is 0 Å². The fraction of sp³-hybridized carbons (Fsp3) is 0.154. The zero-order valence-electron chi connectivity index (χ0n) is 9.31. The molecule has 0 aliphatic heterocycles. The summed E-state index contributed by atoms with van der Waals surface area (Å²) in [5, 5.41) is 0. The minimum Gasteiger partial charge on any atom is -0.256 e. The van der Waals surface area contributed by atoms with Crippen LogP contribution in [0.25, 0.3) is 11.3 Å². The second-order valence-electron chi connectivity index (χ2n) is 3.25. The Morgan fingerprint density at radius 2 is 1.56 bits per heavy atom. The van der Waals surface area contributed by atoms with Crippen molar-refractivity contribution in [2.24, 2.45) is 0 Å². The van der Waals surface area contributed by atoms with E-state index in [1.165, 1.54) is 15.4 Å². The molecule has 0 aliphatic carbocycles. The molecule has 0 amide bonds. The molecule has 0 N–H and O–H groups in total. The first kappa shape index (κ1) is 11.6. The maximum Gasteiger partial charge on any atom is 0.0724 e. The van der Waals surface area contributed by atoms with Gasteiger partial charge in [-0.1, -0.05) is 12.1 Å². The van der Waals surface area contributed by atoms with Crippen LogP contribution in [0.15, 0.2) is 52.4 Å². The van der Waals surface area contributed by atoms with Crippen LogP contribution >= 0.6 is 23.5 Å². The Labute approximate surface area is 105 Å². The lowest BCUT2D eigenvalue weighted by Gasteiger charge is -2.11. The van der Waals surface area contributed by atoms with Gasteiger partial charge in [0.2, 0.25) is 0 Å². The third-order valence-electron chi connectivity index (χ3n) is 2.35. The van der Waals surface area contributed by atoms with Crippen molar-refractivity contribution in [1.29, 1.82) is 0 Å². The summed E-state index contributed by atoms with van der Waals surface area (Å²) in [4.78, 5) is 7.01. The first-order valence-corrected chi connectivity index (χ1v) is 7.44. The zero-order chi connectivity index (χ0) is 11.4. The van der Waals surface area contributed by atoms with Gasteiger partial charge in [0, 0.05) is 21.6 Å². The molecule has 0 spiro atoms. The van der Waals surface area contributed by atoms with Crippen LogP contribution in [0, 0.1) is 0 Å². The maximum absolute atomic E-state index is 4.44. The molecule has 0 fully saturated rings.